The van der Waals surface area contributed by atoms with Crippen molar-refractivity contribution in [3.8, 4) is 0 Å². The monoisotopic (exact) mass is 408 g/mol. The van der Waals surface area contributed by atoms with Gasteiger partial charge in [0.15, 0.2) is 5.96 Å². The van der Waals surface area contributed by atoms with Gasteiger partial charge in [0.05, 0.1) is 0 Å². The molecule has 1 aliphatic heterocycles. The normalized spacial score (nSPS) is 16.4. The number of nitrogens with two attached hydrogens (primary N) is 2. The van der Waals surface area contributed by atoms with E-state index < -0.39 is 0 Å². The Morgan fingerprint density at radius 3 is 2.50 bits per heavy atom. The summed E-state index contributed by atoms with van der Waals surface area (Å²) >= 11 is 6.18. The number of halogens is 2. The van der Waals surface area contributed by atoms with Gasteiger partial charge in [0, 0.05) is 18.1 Å². The lowest BCUT2D eigenvalue weighted by Crippen LogP contribution is -2.34. The molecule has 0 atom stereocenters. The number of guanidine groups is 1. The quantitative estimate of drug-likeness (QED) is 0.457. The van der Waals surface area contributed by atoms with Crippen LogP contribution < -0.4 is 11.5 Å². The van der Waals surface area contributed by atoms with Gasteiger partial charge in [-0.3, -0.25) is 9.89 Å². The van der Waals surface area contributed by atoms with Crippen LogP contribution >= 0.6 is 35.6 Å². The Bertz CT molecular complexity index is 441. The highest BCUT2D eigenvalue weighted by Crippen LogP contribution is 2.22. The minimum absolute atomic E-state index is 0. The van der Waals surface area contributed by atoms with Crippen molar-refractivity contribution < 1.29 is 0 Å². The molecular formula is C14H22ClIN4. The third-order valence-electron chi connectivity index (χ3n) is 3.59. The molecule has 2 rings (SSSR count). The molecule has 1 fully saturated rings. The van der Waals surface area contributed by atoms with Crippen LogP contribution in [0.5, 0.6) is 0 Å². The Hall–Kier alpha value is -0.530. The van der Waals surface area contributed by atoms with Crippen molar-refractivity contribution in [1.29, 1.82) is 0 Å². The number of hydrogen-bond donors (Lipinski definition) is 2. The lowest BCUT2D eigenvalue weighted by atomic mass is 9.96. The Kier molecular flexibility index (Phi) is 7.61. The molecule has 4 N–H and O–H groups in total. The highest BCUT2D eigenvalue weighted by atomic mass is 127. The van der Waals surface area contributed by atoms with Gasteiger partial charge in [-0.25, -0.2) is 0 Å². The summed E-state index contributed by atoms with van der Waals surface area (Å²) in [5.74, 6) is 0.795. The maximum Gasteiger partial charge on any atom is 0.185 e. The van der Waals surface area contributed by atoms with Gasteiger partial charge in [0.25, 0.3) is 0 Å². The Balaban J connectivity index is 0.00000200. The summed E-state index contributed by atoms with van der Waals surface area (Å²) in [4.78, 5) is 6.54. The van der Waals surface area contributed by atoms with Crippen LogP contribution in [0.15, 0.2) is 29.3 Å². The Morgan fingerprint density at radius 2 is 1.90 bits per heavy atom. The fourth-order valence-corrected chi connectivity index (χ4v) is 2.62. The molecule has 0 bridgehead atoms. The zero-order valence-electron chi connectivity index (χ0n) is 11.5. The molecular weight excluding hydrogens is 387 g/mol. The molecule has 0 radical (unpaired) electrons. The van der Waals surface area contributed by atoms with Crippen LogP contribution in [0.4, 0.5) is 0 Å². The zero-order valence-corrected chi connectivity index (χ0v) is 14.6. The first-order valence-corrected chi connectivity index (χ1v) is 7.04. The van der Waals surface area contributed by atoms with Gasteiger partial charge in [-0.2, -0.15) is 0 Å². The molecule has 0 saturated carbocycles. The van der Waals surface area contributed by atoms with E-state index in [0.717, 1.165) is 44.0 Å². The average molecular weight is 409 g/mol. The predicted octanol–water partition coefficient (Wildman–Crippen LogP) is 2.44. The number of benzene rings is 1. The van der Waals surface area contributed by atoms with E-state index in [9.17, 15) is 0 Å². The van der Waals surface area contributed by atoms with Gasteiger partial charge in [-0.15, -0.1) is 24.0 Å². The standard InChI is InChI=1S/C14H21ClN4.HI/c15-13-4-2-1-3-12(13)10-19-7-5-11(6-8-19)9-18-14(16)17;/h1-4,11H,5-10H2,(H4,16,17,18);1H. The van der Waals surface area contributed by atoms with Crippen molar-refractivity contribution in [3.05, 3.63) is 34.9 Å². The molecule has 4 nitrogen and oxygen atoms in total. The van der Waals surface area contributed by atoms with Crippen molar-refractivity contribution in [2.24, 2.45) is 22.4 Å². The van der Waals surface area contributed by atoms with E-state index >= 15 is 0 Å². The molecule has 0 amide bonds. The summed E-state index contributed by atoms with van der Waals surface area (Å²) in [6, 6.07) is 8.04. The summed E-state index contributed by atoms with van der Waals surface area (Å²) in [5, 5.41) is 0.852. The van der Waals surface area contributed by atoms with Crippen molar-refractivity contribution in [3.63, 3.8) is 0 Å². The van der Waals surface area contributed by atoms with E-state index in [2.05, 4.69) is 16.0 Å². The van der Waals surface area contributed by atoms with E-state index in [1.807, 2.05) is 18.2 Å². The molecule has 0 aliphatic carbocycles. The van der Waals surface area contributed by atoms with Crippen molar-refractivity contribution in [2.45, 2.75) is 19.4 Å². The van der Waals surface area contributed by atoms with Crippen LogP contribution in [0.25, 0.3) is 0 Å². The van der Waals surface area contributed by atoms with E-state index in [1.165, 1.54) is 5.56 Å². The second-order valence-corrected chi connectivity index (χ2v) is 5.48. The van der Waals surface area contributed by atoms with Crippen molar-refractivity contribution in [2.75, 3.05) is 19.6 Å². The van der Waals surface area contributed by atoms with E-state index in [-0.39, 0.29) is 29.9 Å². The third-order valence-corrected chi connectivity index (χ3v) is 3.96. The lowest BCUT2D eigenvalue weighted by molar-refractivity contribution is 0.180. The predicted molar refractivity (Wildman–Crippen MR) is 95.5 cm³/mol. The molecule has 1 aromatic rings. The van der Waals surface area contributed by atoms with Gasteiger partial charge in [-0.1, -0.05) is 29.8 Å². The number of rotatable bonds is 4. The largest absolute Gasteiger partial charge is 0.370 e. The number of piperidine rings is 1. The SMILES string of the molecule is I.NC(N)=NCC1CCN(Cc2ccccc2Cl)CC1. The molecule has 1 aromatic carbocycles. The zero-order chi connectivity index (χ0) is 13.7. The number of hydrogen-bond acceptors (Lipinski definition) is 2. The Labute approximate surface area is 142 Å². The molecule has 1 aliphatic rings. The van der Waals surface area contributed by atoms with E-state index in [4.69, 9.17) is 23.1 Å². The summed E-state index contributed by atoms with van der Waals surface area (Å²) < 4.78 is 0. The van der Waals surface area contributed by atoms with Crippen LogP contribution in [0.3, 0.4) is 0 Å². The van der Waals surface area contributed by atoms with E-state index in [0.29, 0.717) is 5.92 Å². The van der Waals surface area contributed by atoms with Crippen molar-refractivity contribution >= 4 is 41.5 Å². The Morgan fingerprint density at radius 1 is 1.25 bits per heavy atom. The fourth-order valence-electron chi connectivity index (χ4n) is 2.43. The second kappa shape index (κ2) is 8.69. The minimum Gasteiger partial charge on any atom is -0.370 e. The minimum atomic E-state index is 0. The number of aliphatic imine (C=N–C) groups is 1. The first-order valence-electron chi connectivity index (χ1n) is 6.66. The van der Waals surface area contributed by atoms with Gasteiger partial charge in [0.2, 0.25) is 0 Å². The summed E-state index contributed by atoms with van der Waals surface area (Å²) in [7, 11) is 0. The summed E-state index contributed by atoms with van der Waals surface area (Å²) in [6.07, 6.45) is 2.28. The molecule has 0 aromatic heterocycles. The maximum absolute atomic E-state index is 6.18. The first kappa shape index (κ1) is 17.5. The molecule has 0 spiro atoms. The second-order valence-electron chi connectivity index (χ2n) is 5.08. The summed E-state index contributed by atoms with van der Waals surface area (Å²) in [5.41, 5.74) is 11.9. The summed E-state index contributed by atoms with van der Waals surface area (Å²) in [6.45, 7) is 3.84. The van der Waals surface area contributed by atoms with Gasteiger partial charge in [-0.05, 0) is 43.5 Å². The topological polar surface area (TPSA) is 67.6 Å². The van der Waals surface area contributed by atoms with Crippen LogP contribution in [-0.4, -0.2) is 30.5 Å². The maximum atomic E-state index is 6.18. The van der Waals surface area contributed by atoms with Gasteiger partial charge in [0.1, 0.15) is 0 Å². The van der Waals surface area contributed by atoms with Crippen LogP contribution in [0, 0.1) is 5.92 Å². The third kappa shape index (κ3) is 5.46. The van der Waals surface area contributed by atoms with Crippen LogP contribution in [-0.2, 0) is 6.54 Å². The van der Waals surface area contributed by atoms with Crippen molar-refractivity contribution in [1.82, 2.24) is 4.90 Å². The molecule has 1 heterocycles. The average Bonchev–Trinajstić information content (AvgIpc) is 2.40. The highest BCUT2D eigenvalue weighted by molar-refractivity contribution is 14.0. The number of nitrogens with zero attached hydrogens (tertiary/aromatic N) is 2. The molecule has 20 heavy (non-hydrogen) atoms. The lowest BCUT2D eigenvalue weighted by Gasteiger charge is -2.31. The molecule has 0 unspecified atom stereocenters. The van der Waals surface area contributed by atoms with Gasteiger partial charge < -0.3 is 11.5 Å². The number of likely N-dealkylation sites (tertiary alicyclic amines) is 1. The highest BCUT2D eigenvalue weighted by Gasteiger charge is 2.19. The molecule has 6 heteroatoms. The van der Waals surface area contributed by atoms with Crippen LogP contribution in [0.2, 0.25) is 5.02 Å². The van der Waals surface area contributed by atoms with E-state index in [1.54, 1.807) is 0 Å². The first-order chi connectivity index (χ1) is 9.15. The van der Waals surface area contributed by atoms with Gasteiger partial charge >= 0.3 is 0 Å². The molecule has 112 valence electrons. The van der Waals surface area contributed by atoms with Crippen LogP contribution in [0.1, 0.15) is 18.4 Å². The molecule has 1 saturated heterocycles. The smallest absolute Gasteiger partial charge is 0.185 e. The fraction of sp³-hybridized carbons (Fsp3) is 0.500.